The van der Waals surface area contributed by atoms with Gasteiger partial charge in [-0.05, 0) is 41.5 Å². The van der Waals surface area contributed by atoms with Gasteiger partial charge in [0.15, 0.2) is 11.5 Å². The van der Waals surface area contributed by atoms with E-state index in [0.29, 0.717) is 41.3 Å². The van der Waals surface area contributed by atoms with Crippen molar-refractivity contribution in [3.05, 3.63) is 63.6 Å². The number of hydrogen-bond acceptors (Lipinski definition) is 3. The highest BCUT2D eigenvalue weighted by atomic mass is 35.5. The van der Waals surface area contributed by atoms with Gasteiger partial charge in [0, 0.05) is 24.7 Å². The highest BCUT2D eigenvalue weighted by Crippen LogP contribution is 2.38. The fourth-order valence-corrected chi connectivity index (χ4v) is 3.00. The highest BCUT2D eigenvalue weighted by molar-refractivity contribution is 6.32. The molecule has 0 radical (unpaired) electrons. The van der Waals surface area contributed by atoms with E-state index in [1.54, 1.807) is 36.2 Å². The van der Waals surface area contributed by atoms with Crippen LogP contribution in [0.4, 0.5) is 0 Å². The first-order valence-corrected chi connectivity index (χ1v) is 8.55. The molecule has 2 aromatic carbocycles. The minimum atomic E-state index is -0.119. The van der Waals surface area contributed by atoms with E-state index in [0.717, 1.165) is 11.1 Å². The molecule has 0 spiro atoms. The first kappa shape index (κ1) is 17.6. The fraction of sp³-hybridized carbons (Fsp3) is 0.211. The molecule has 0 atom stereocenters. The molecule has 1 aliphatic rings. The van der Waals surface area contributed by atoms with Crippen LogP contribution < -0.4 is 9.47 Å². The third-order valence-electron chi connectivity index (χ3n) is 3.72. The van der Waals surface area contributed by atoms with E-state index >= 15 is 0 Å². The third kappa shape index (κ3) is 4.47. The average molecular weight is 378 g/mol. The van der Waals surface area contributed by atoms with Gasteiger partial charge in [0.1, 0.15) is 13.2 Å². The Labute approximate surface area is 156 Å². The van der Waals surface area contributed by atoms with E-state index in [2.05, 4.69) is 0 Å². The predicted molar refractivity (Wildman–Crippen MR) is 99.4 cm³/mol. The maximum atomic E-state index is 12.3. The summed E-state index contributed by atoms with van der Waals surface area (Å²) < 4.78 is 11.0. The van der Waals surface area contributed by atoms with Crippen LogP contribution in [-0.2, 0) is 11.3 Å². The Morgan fingerprint density at radius 3 is 2.80 bits per heavy atom. The Kier molecular flexibility index (Phi) is 5.51. The van der Waals surface area contributed by atoms with Gasteiger partial charge in [-0.2, -0.15) is 0 Å². The van der Waals surface area contributed by atoms with Gasteiger partial charge in [-0.1, -0.05) is 35.3 Å². The molecule has 0 aromatic heterocycles. The zero-order valence-electron chi connectivity index (χ0n) is 13.7. The first-order chi connectivity index (χ1) is 12.0. The van der Waals surface area contributed by atoms with Crippen molar-refractivity contribution >= 4 is 35.2 Å². The van der Waals surface area contributed by atoms with Crippen molar-refractivity contribution in [2.75, 3.05) is 20.3 Å². The summed E-state index contributed by atoms with van der Waals surface area (Å²) in [5, 5.41) is 1.12. The van der Waals surface area contributed by atoms with E-state index in [1.165, 1.54) is 6.08 Å². The molecule has 0 unspecified atom stereocenters. The summed E-state index contributed by atoms with van der Waals surface area (Å²) in [6.45, 7) is 1.44. The maximum absolute atomic E-state index is 12.3. The molecule has 6 heteroatoms. The molecule has 0 aliphatic carbocycles. The Morgan fingerprint density at radius 1 is 1.20 bits per heavy atom. The molecule has 4 nitrogen and oxygen atoms in total. The molecule has 2 aromatic rings. The summed E-state index contributed by atoms with van der Waals surface area (Å²) in [4.78, 5) is 13.9. The number of nitrogens with zero attached hydrogens (tertiary/aromatic N) is 1. The topological polar surface area (TPSA) is 38.8 Å². The minimum Gasteiger partial charge on any atom is -0.486 e. The number of hydrogen-bond donors (Lipinski definition) is 0. The summed E-state index contributed by atoms with van der Waals surface area (Å²) in [6, 6.07) is 11.0. The Balaban J connectivity index is 1.68. The fourth-order valence-electron chi connectivity index (χ4n) is 2.51. The van der Waals surface area contributed by atoms with Crippen molar-refractivity contribution in [2.24, 2.45) is 0 Å². The average Bonchev–Trinajstić information content (AvgIpc) is 2.59. The molecular formula is C19H17Cl2NO3. The highest BCUT2D eigenvalue weighted by Gasteiger charge is 2.16. The van der Waals surface area contributed by atoms with Gasteiger partial charge in [0.2, 0.25) is 5.91 Å². The van der Waals surface area contributed by atoms with Crippen molar-refractivity contribution in [3.63, 3.8) is 0 Å². The van der Waals surface area contributed by atoms with Gasteiger partial charge in [-0.3, -0.25) is 4.79 Å². The minimum absolute atomic E-state index is 0.119. The van der Waals surface area contributed by atoms with Crippen LogP contribution in [0, 0.1) is 0 Å². The van der Waals surface area contributed by atoms with Crippen molar-refractivity contribution in [1.29, 1.82) is 0 Å². The van der Waals surface area contributed by atoms with Crippen LogP contribution in [-0.4, -0.2) is 31.1 Å². The second kappa shape index (κ2) is 7.81. The molecular weight excluding hydrogens is 361 g/mol. The Bertz CT molecular complexity index is 820. The zero-order valence-corrected chi connectivity index (χ0v) is 15.2. The number of carbonyl (C=O) groups excluding carboxylic acids is 1. The largest absolute Gasteiger partial charge is 0.486 e. The predicted octanol–water partition coefficient (Wildman–Crippen LogP) is 4.44. The molecule has 0 saturated heterocycles. The normalized spacial score (nSPS) is 13.1. The van der Waals surface area contributed by atoms with Crippen LogP contribution in [0.15, 0.2) is 42.5 Å². The van der Waals surface area contributed by atoms with Crippen molar-refractivity contribution in [2.45, 2.75) is 6.54 Å². The summed E-state index contributed by atoms with van der Waals surface area (Å²) in [5.41, 5.74) is 1.75. The molecule has 130 valence electrons. The van der Waals surface area contributed by atoms with Crippen molar-refractivity contribution in [1.82, 2.24) is 4.90 Å². The number of carbonyl (C=O) groups is 1. The molecule has 0 bridgehead atoms. The van der Waals surface area contributed by atoms with Crippen LogP contribution in [0.25, 0.3) is 6.08 Å². The number of ether oxygens (including phenoxy) is 2. The lowest BCUT2D eigenvalue weighted by Crippen LogP contribution is -2.24. The SMILES string of the molecule is CN(Cc1cccc(Cl)c1)C(=O)/C=C/c1cc(Cl)c2c(c1)OCCO2. The van der Waals surface area contributed by atoms with Crippen LogP contribution >= 0.6 is 23.2 Å². The van der Waals surface area contributed by atoms with E-state index in [1.807, 2.05) is 18.2 Å². The number of fused-ring (bicyclic) bond motifs is 1. The van der Waals surface area contributed by atoms with Crippen molar-refractivity contribution < 1.29 is 14.3 Å². The molecule has 3 rings (SSSR count). The lowest BCUT2D eigenvalue weighted by Gasteiger charge is -2.19. The summed E-state index contributed by atoms with van der Waals surface area (Å²) in [5.74, 6) is 1.03. The number of benzene rings is 2. The smallest absolute Gasteiger partial charge is 0.246 e. The molecule has 1 heterocycles. The molecule has 25 heavy (non-hydrogen) atoms. The van der Waals surface area contributed by atoms with E-state index < -0.39 is 0 Å². The molecule has 1 amide bonds. The third-order valence-corrected chi connectivity index (χ3v) is 4.24. The second-order valence-corrected chi connectivity index (χ2v) is 6.53. The van der Waals surface area contributed by atoms with Gasteiger partial charge >= 0.3 is 0 Å². The van der Waals surface area contributed by atoms with Gasteiger partial charge in [0.25, 0.3) is 0 Å². The zero-order chi connectivity index (χ0) is 17.8. The summed E-state index contributed by atoms with van der Waals surface area (Å²) in [6.07, 6.45) is 3.22. The summed E-state index contributed by atoms with van der Waals surface area (Å²) >= 11 is 12.2. The van der Waals surface area contributed by atoms with E-state index in [4.69, 9.17) is 32.7 Å². The quantitative estimate of drug-likeness (QED) is 0.739. The molecule has 0 fully saturated rings. The number of rotatable bonds is 4. The second-order valence-electron chi connectivity index (χ2n) is 5.68. The number of halogens is 2. The van der Waals surface area contributed by atoms with Gasteiger partial charge in [-0.15, -0.1) is 0 Å². The molecule has 1 aliphatic heterocycles. The Morgan fingerprint density at radius 2 is 2.00 bits per heavy atom. The van der Waals surface area contributed by atoms with Crippen LogP contribution in [0.3, 0.4) is 0 Å². The maximum Gasteiger partial charge on any atom is 0.246 e. The number of likely N-dealkylation sites (N-methyl/N-ethyl adjacent to an activating group) is 1. The van der Waals surface area contributed by atoms with Gasteiger partial charge < -0.3 is 14.4 Å². The van der Waals surface area contributed by atoms with E-state index in [9.17, 15) is 4.79 Å². The monoisotopic (exact) mass is 377 g/mol. The Hall–Kier alpha value is -2.17. The first-order valence-electron chi connectivity index (χ1n) is 7.80. The summed E-state index contributed by atoms with van der Waals surface area (Å²) in [7, 11) is 1.74. The van der Waals surface area contributed by atoms with Crippen LogP contribution in [0.5, 0.6) is 11.5 Å². The standard InChI is InChI=1S/C19H17Cl2NO3/c1-22(12-14-3-2-4-15(20)9-14)18(23)6-5-13-10-16(21)19-17(11-13)24-7-8-25-19/h2-6,9-11H,7-8,12H2,1H3/b6-5+. The molecule has 0 N–H and O–H groups in total. The lowest BCUT2D eigenvalue weighted by atomic mass is 10.1. The van der Waals surface area contributed by atoms with Crippen LogP contribution in [0.1, 0.15) is 11.1 Å². The van der Waals surface area contributed by atoms with E-state index in [-0.39, 0.29) is 5.91 Å². The van der Waals surface area contributed by atoms with Crippen molar-refractivity contribution in [3.8, 4) is 11.5 Å². The van der Waals surface area contributed by atoms with Gasteiger partial charge in [0.05, 0.1) is 5.02 Å². The number of amides is 1. The lowest BCUT2D eigenvalue weighted by molar-refractivity contribution is -0.125. The van der Waals surface area contributed by atoms with Crippen LogP contribution in [0.2, 0.25) is 10.0 Å². The van der Waals surface area contributed by atoms with Gasteiger partial charge in [-0.25, -0.2) is 0 Å². The molecule has 0 saturated carbocycles.